The highest BCUT2D eigenvalue weighted by atomic mass is 32.2. The number of fused-ring (bicyclic) bond motifs is 1. The molecule has 24 heavy (non-hydrogen) atoms. The average molecular weight is 369 g/mol. The highest BCUT2D eigenvalue weighted by Gasteiger charge is 2.50. The van der Waals surface area contributed by atoms with E-state index in [1.807, 2.05) is 0 Å². The second-order valence-corrected chi connectivity index (χ2v) is 6.49. The maximum absolute atomic E-state index is 12.4. The highest BCUT2D eigenvalue weighted by Crippen LogP contribution is 2.36. The maximum atomic E-state index is 12.4. The Kier molecular flexibility index (Phi) is 4.49. The van der Waals surface area contributed by atoms with Crippen LogP contribution in [0.25, 0.3) is 0 Å². The number of carboxylic acids is 1. The molecule has 0 saturated carbocycles. The van der Waals surface area contributed by atoms with Crippen molar-refractivity contribution in [2.75, 3.05) is 12.9 Å². The Balaban J connectivity index is 1.71. The monoisotopic (exact) mass is 369 g/mol. The van der Waals surface area contributed by atoms with E-state index in [1.165, 1.54) is 35.4 Å². The summed E-state index contributed by atoms with van der Waals surface area (Å²) in [5.41, 5.74) is 0.303. The van der Waals surface area contributed by atoms with Crippen molar-refractivity contribution in [3.8, 4) is 0 Å². The molecule has 12 heteroatoms. The van der Waals surface area contributed by atoms with E-state index in [-0.39, 0.29) is 34.0 Å². The summed E-state index contributed by atoms with van der Waals surface area (Å²) in [5.74, 6) is -1.80. The van der Waals surface area contributed by atoms with Gasteiger partial charge >= 0.3 is 5.97 Å². The Bertz CT molecular complexity index is 747. The van der Waals surface area contributed by atoms with Crippen molar-refractivity contribution in [2.24, 2.45) is 5.16 Å². The molecule has 0 aromatic carbocycles. The Morgan fingerprint density at radius 1 is 1.54 bits per heavy atom. The molecule has 2 N–H and O–H groups in total. The summed E-state index contributed by atoms with van der Waals surface area (Å²) in [4.78, 5) is 41.4. The molecule has 0 radical (unpaired) electrons. The van der Waals surface area contributed by atoms with Gasteiger partial charge in [-0.1, -0.05) is 9.64 Å². The maximum Gasteiger partial charge on any atom is 0.333 e. The highest BCUT2D eigenvalue weighted by molar-refractivity contribution is 8.00. The van der Waals surface area contributed by atoms with Gasteiger partial charge in [0.05, 0.1) is 5.57 Å². The lowest BCUT2D eigenvalue weighted by Crippen LogP contribution is -2.69. The van der Waals surface area contributed by atoms with Crippen molar-refractivity contribution >= 4 is 46.8 Å². The minimum absolute atomic E-state index is 0.0833. The third-order valence-electron chi connectivity index (χ3n) is 3.35. The molecular formula is C12H11N5O5S2. The third kappa shape index (κ3) is 2.85. The van der Waals surface area contributed by atoms with E-state index in [0.29, 0.717) is 0 Å². The van der Waals surface area contributed by atoms with E-state index in [9.17, 15) is 14.4 Å². The number of carboxylic acid groups (broad SMARTS) is 1. The number of nitrogens with zero attached hydrogens (tertiary/aromatic N) is 4. The van der Waals surface area contributed by atoms with Crippen LogP contribution in [0.2, 0.25) is 0 Å². The summed E-state index contributed by atoms with van der Waals surface area (Å²) in [7, 11) is 1.29. The number of amides is 2. The van der Waals surface area contributed by atoms with Gasteiger partial charge < -0.3 is 20.2 Å². The minimum atomic E-state index is -1.06. The van der Waals surface area contributed by atoms with Crippen LogP contribution >= 0.6 is 23.3 Å². The number of nitrogens with one attached hydrogen (secondary N) is 1. The van der Waals surface area contributed by atoms with Gasteiger partial charge in [0.2, 0.25) is 0 Å². The fourth-order valence-electron chi connectivity index (χ4n) is 2.20. The molecule has 2 amide bonds. The second kappa shape index (κ2) is 6.57. The lowest BCUT2D eigenvalue weighted by atomic mass is 10.1. The molecule has 0 bridgehead atoms. The van der Waals surface area contributed by atoms with Gasteiger partial charge in [0.1, 0.15) is 24.2 Å². The molecule has 3 heterocycles. The molecular weight excluding hydrogens is 358 g/mol. The fourth-order valence-corrected chi connectivity index (χ4v) is 3.90. The Hall–Kier alpha value is -2.47. The van der Waals surface area contributed by atoms with Crippen LogP contribution in [0, 0.1) is 0 Å². The van der Waals surface area contributed by atoms with E-state index in [0.717, 1.165) is 11.5 Å². The summed E-state index contributed by atoms with van der Waals surface area (Å²) >= 11 is 2.32. The van der Waals surface area contributed by atoms with Crippen molar-refractivity contribution in [1.82, 2.24) is 19.8 Å². The number of hydrogen-bond acceptors (Lipinski definition) is 9. The minimum Gasteiger partial charge on any atom is -0.478 e. The van der Waals surface area contributed by atoms with Crippen molar-refractivity contribution in [1.29, 1.82) is 0 Å². The molecule has 10 nitrogen and oxygen atoms in total. The van der Waals surface area contributed by atoms with Gasteiger partial charge in [0.15, 0.2) is 5.71 Å². The lowest BCUT2D eigenvalue weighted by molar-refractivity contribution is -0.144. The first kappa shape index (κ1) is 16.4. The fraction of sp³-hybridized carbons (Fsp3) is 0.333. The third-order valence-corrected chi connectivity index (χ3v) is 5.17. The van der Waals surface area contributed by atoms with Crippen LogP contribution < -0.4 is 5.32 Å². The Labute approximate surface area is 143 Å². The molecule has 2 atom stereocenters. The summed E-state index contributed by atoms with van der Waals surface area (Å²) in [6.07, 6.45) is 1.31. The number of rotatable bonds is 5. The number of hydrogen-bond donors (Lipinski definition) is 2. The average Bonchev–Trinajstić information content (AvgIpc) is 3.10. The number of carbonyl (C=O) groups is 3. The topological polar surface area (TPSA) is 134 Å². The van der Waals surface area contributed by atoms with Crippen LogP contribution in [0.5, 0.6) is 0 Å². The summed E-state index contributed by atoms with van der Waals surface area (Å²) in [6.45, 7) is 0. The Morgan fingerprint density at radius 3 is 2.96 bits per heavy atom. The quantitative estimate of drug-likeness (QED) is 0.394. The van der Waals surface area contributed by atoms with Crippen LogP contribution in [-0.2, 0) is 19.2 Å². The number of thioether (sulfide) groups is 1. The first-order valence-electron chi connectivity index (χ1n) is 6.60. The molecule has 1 aromatic heterocycles. The van der Waals surface area contributed by atoms with Gasteiger partial charge in [0, 0.05) is 17.3 Å². The Morgan fingerprint density at radius 2 is 2.33 bits per heavy atom. The van der Waals surface area contributed by atoms with Crippen molar-refractivity contribution in [3.05, 3.63) is 22.8 Å². The molecule has 1 saturated heterocycles. The van der Waals surface area contributed by atoms with Crippen LogP contribution in [0.15, 0.2) is 22.3 Å². The molecule has 0 aliphatic carbocycles. The normalized spacial score (nSPS) is 23.0. The van der Waals surface area contributed by atoms with E-state index in [4.69, 9.17) is 5.11 Å². The predicted molar refractivity (Wildman–Crippen MR) is 84.2 cm³/mol. The molecule has 0 spiro atoms. The van der Waals surface area contributed by atoms with Gasteiger partial charge in [-0.25, -0.2) is 4.79 Å². The van der Waals surface area contributed by atoms with Gasteiger partial charge in [-0.2, -0.15) is 0 Å². The SMILES string of the molecule is CON=C(C(=O)NC1C(=O)N2C=C(C(=O)O)CS[C@H]12)c1csnn1. The van der Waals surface area contributed by atoms with Gasteiger partial charge in [-0.3, -0.25) is 9.59 Å². The summed E-state index contributed by atoms with van der Waals surface area (Å²) < 4.78 is 3.66. The van der Waals surface area contributed by atoms with E-state index < -0.39 is 17.9 Å². The molecule has 1 aromatic rings. The zero-order valence-corrected chi connectivity index (χ0v) is 13.8. The van der Waals surface area contributed by atoms with Crippen molar-refractivity contribution < 1.29 is 24.3 Å². The molecule has 1 unspecified atom stereocenters. The molecule has 126 valence electrons. The standard InChI is InChI=1S/C12H11N5O5S2/c1-22-15-7(6-4-24-16-14-6)9(18)13-8-10(19)17-2-5(12(20)21)3-23-11(8)17/h2,4,8,11H,3H2,1H3,(H,13,18)(H,20,21)/t8?,11-/m1/s1. The second-order valence-electron chi connectivity index (χ2n) is 4.77. The zero-order chi connectivity index (χ0) is 17.3. The first-order valence-corrected chi connectivity index (χ1v) is 8.48. The summed E-state index contributed by atoms with van der Waals surface area (Å²) in [5, 5.41) is 20.1. The van der Waals surface area contributed by atoms with Crippen molar-refractivity contribution in [3.63, 3.8) is 0 Å². The number of aromatic nitrogens is 2. The number of oxime groups is 1. The number of aliphatic carboxylic acids is 1. The lowest BCUT2D eigenvalue weighted by Gasteiger charge is -2.46. The van der Waals surface area contributed by atoms with Gasteiger partial charge in [-0.15, -0.1) is 16.9 Å². The largest absolute Gasteiger partial charge is 0.478 e. The summed E-state index contributed by atoms with van der Waals surface area (Å²) in [6, 6.07) is -0.761. The van der Waals surface area contributed by atoms with E-state index >= 15 is 0 Å². The van der Waals surface area contributed by atoms with Crippen LogP contribution in [0.4, 0.5) is 0 Å². The van der Waals surface area contributed by atoms with Crippen LogP contribution in [-0.4, -0.2) is 67.4 Å². The van der Waals surface area contributed by atoms with Crippen LogP contribution in [0.1, 0.15) is 5.69 Å². The van der Waals surface area contributed by atoms with Crippen molar-refractivity contribution in [2.45, 2.75) is 11.4 Å². The molecule has 2 aliphatic rings. The van der Waals surface area contributed by atoms with Crippen LogP contribution in [0.3, 0.4) is 0 Å². The van der Waals surface area contributed by atoms with E-state index in [2.05, 4.69) is 24.9 Å². The molecule has 1 fully saturated rings. The number of carbonyl (C=O) groups excluding carboxylic acids is 2. The predicted octanol–water partition coefficient (Wildman–Crippen LogP) is -0.743. The molecule has 2 aliphatic heterocycles. The first-order chi connectivity index (χ1) is 11.5. The van der Waals surface area contributed by atoms with Gasteiger partial charge in [-0.05, 0) is 11.5 Å². The smallest absolute Gasteiger partial charge is 0.333 e. The van der Waals surface area contributed by atoms with E-state index in [1.54, 1.807) is 0 Å². The number of β-lactam (4-membered cyclic amide) rings is 1. The molecule has 3 rings (SSSR count). The zero-order valence-electron chi connectivity index (χ0n) is 12.2. The van der Waals surface area contributed by atoms with Gasteiger partial charge in [0.25, 0.3) is 11.8 Å².